The summed E-state index contributed by atoms with van der Waals surface area (Å²) >= 11 is 5.64. The number of aromatic nitrogens is 2. The number of hydrogen-bond acceptors (Lipinski definition) is 12. The minimum atomic E-state index is -4.87. The van der Waals surface area contributed by atoms with Crippen molar-refractivity contribution < 1.29 is 51.3 Å². The molecule has 3 atom stereocenters. The van der Waals surface area contributed by atoms with Crippen molar-refractivity contribution in [2.45, 2.75) is 97.3 Å². The fourth-order valence-corrected chi connectivity index (χ4v) is 9.05. The number of nitrogens with one attached hydrogen (secondary N) is 2. The van der Waals surface area contributed by atoms with Gasteiger partial charge in [0.1, 0.15) is 36.0 Å². The molecule has 20 heteroatoms. The van der Waals surface area contributed by atoms with E-state index in [1.807, 2.05) is 88.4 Å². The van der Waals surface area contributed by atoms with Crippen molar-refractivity contribution in [2.75, 3.05) is 36.2 Å². The molecule has 7 rings (SSSR count). The molecule has 4 amide bonds. The first-order valence-corrected chi connectivity index (χ1v) is 23.6. The summed E-state index contributed by atoms with van der Waals surface area (Å²) in [7, 11) is 0. The Morgan fingerprint density at radius 1 is 0.958 bits per heavy atom. The molecule has 4 heterocycles. The smallest absolute Gasteiger partial charge is 0.419 e. The Kier molecular flexibility index (Phi) is 15.8. The van der Waals surface area contributed by atoms with E-state index in [1.165, 1.54) is 17.4 Å². The van der Waals surface area contributed by atoms with Crippen molar-refractivity contribution >= 4 is 52.3 Å². The third-order valence-corrected chi connectivity index (χ3v) is 12.8. The SMILES string of the molecule is Cc1ncoc1-c1ccc(CNC(=O)[C@@H]2C[C@@H](O)CN2C(=O)C(NC(=O)COCCCCOc2ccc(-c3ccc(N4C(=S)N(c5cnc(C#N)c(C(F)(F)F)c5)C(=O)C4(C)C)cc3)cc2)C(C)(C)C)cc1. The number of carbonyl (C=O) groups is 4. The van der Waals surface area contributed by atoms with Crippen LogP contribution in [-0.2, 0) is 36.6 Å². The summed E-state index contributed by atoms with van der Waals surface area (Å²) in [6.45, 7) is 11.0. The molecule has 72 heavy (non-hydrogen) atoms. The lowest BCUT2D eigenvalue weighted by Gasteiger charge is -2.35. The van der Waals surface area contributed by atoms with E-state index in [4.69, 9.17) is 31.4 Å². The van der Waals surface area contributed by atoms with Crippen molar-refractivity contribution in [1.29, 1.82) is 5.26 Å². The molecule has 3 N–H and O–H groups in total. The molecule has 3 aromatic carbocycles. The first-order chi connectivity index (χ1) is 34.1. The first kappa shape index (κ1) is 52.6. The summed E-state index contributed by atoms with van der Waals surface area (Å²) in [6, 6.07) is 22.3. The molecule has 0 bridgehead atoms. The van der Waals surface area contributed by atoms with E-state index >= 15 is 0 Å². The van der Waals surface area contributed by atoms with Gasteiger partial charge in [-0.05, 0) is 98.3 Å². The molecule has 0 aliphatic carbocycles. The average molecular weight is 1010 g/mol. The molecule has 2 aromatic heterocycles. The monoisotopic (exact) mass is 1010 g/mol. The predicted octanol–water partition coefficient (Wildman–Crippen LogP) is 7.50. The zero-order valence-electron chi connectivity index (χ0n) is 40.6. The maximum atomic E-state index is 14.0. The molecule has 0 saturated carbocycles. The number of β-amino-alcohol motifs (C(OH)–C–C–N with tert-alkyl or cyclic N) is 1. The first-order valence-electron chi connectivity index (χ1n) is 23.2. The third kappa shape index (κ3) is 11.8. The molecular weight excluding hydrogens is 954 g/mol. The van der Waals surface area contributed by atoms with Crippen LogP contribution in [0.2, 0.25) is 0 Å². The van der Waals surface area contributed by atoms with E-state index in [0.29, 0.717) is 42.7 Å². The van der Waals surface area contributed by atoms with Crippen LogP contribution in [0.1, 0.15) is 76.4 Å². The van der Waals surface area contributed by atoms with Gasteiger partial charge < -0.3 is 39.4 Å². The maximum absolute atomic E-state index is 14.0. The molecule has 1 unspecified atom stereocenters. The Bertz CT molecular complexity index is 2840. The van der Waals surface area contributed by atoms with Gasteiger partial charge in [0, 0.05) is 37.4 Å². The number of nitrogens with zero attached hydrogens (tertiary/aromatic N) is 6. The van der Waals surface area contributed by atoms with Crippen molar-refractivity contribution in [3.05, 3.63) is 114 Å². The number of oxazole rings is 1. The Hall–Kier alpha value is -7.21. The minimum Gasteiger partial charge on any atom is -0.494 e. The molecule has 2 aliphatic heterocycles. The van der Waals surface area contributed by atoms with Crippen LogP contribution in [0.5, 0.6) is 5.75 Å². The molecule has 2 fully saturated rings. The number of amides is 4. The van der Waals surface area contributed by atoms with E-state index < -0.39 is 70.2 Å². The Morgan fingerprint density at radius 3 is 2.21 bits per heavy atom. The van der Waals surface area contributed by atoms with Gasteiger partial charge >= 0.3 is 6.18 Å². The van der Waals surface area contributed by atoms with Gasteiger partial charge in [-0.2, -0.15) is 18.4 Å². The Balaban J connectivity index is 0.841. The van der Waals surface area contributed by atoms with Crippen LogP contribution in [-0.4, -0.2) is 98.8 Å². The summed E-state index contributed by atoms with van der Waals surface area (Å²) in [5, 5.41) is 25.4. The van der Waals surface area contributed by atoms with Gasteiger partial charge in [-0.3, -0.25) is 24.1 Å². The van der Waals surface area contributed by atoms with E-state index in [0.717, 1.165) is 39.0 Å². The number of hydrogen-bond donors (Lipinski definition) is 3. The standard InChI is InChI=1S/C52H55F3N8O8S/c1-31-44(71-30-59-31)35-11-9-32(10-12-35)26-58-46(66)42-24-38(64)28-61(42)47(67)45(50(2,3)4)60-43(65)29-69-21-7-8-22-70-39-19-15-34(16-20-39)33-13-17-36(18-14-33)63-49(72)62(48(68)51(63,5)6)37-23-40(52(53,54)55)41(25-56)57-27-37/h9-20,23,27,30,38,42,45,64H,7-8,21-22,24,26,28-29H2,1-6H3,(H,58,66)(H,60,65)/t38-,42+,45?/m1/s1. The van der Waals surface area contributed by atoms with Crippen LogP contribution < -0.4 is 25.2 Å². The number of aryl methyl sites for hydroxylation is 1. The number of aliphatic hydroxyl groups excluding tert-OH is 1. The second-order valence-corrected chi connectivity index (χ2v) is 19.5. The summed E-state index contributed by atoms with van der Waals surface area (Å²) < 4.78 is 58.2. The van der Waals surface area contributed by atoms with Crippen LogP contribution in [0, 0.1) is 23.7 Å². The van der Waals surface area contributed by atoms with Crippen LogP contribution in [0.25, 0.3) is 22.5 Å². The highest BCUT2D eigenvalue weighted by molar-refractivity contribution is 7.81. The fourth-order valence-electron chi connectivity index (χ4n) is 8.53. The van der Waals surface area contributed by atoms with Gasteiger partial charge in [0.25, 0.3) is 5.91 Å². The number of likely N-dealkylation sites (tertiary alicyclic amines) is 1. The number of anilines is 2. The molecule has 378 valence electrons. The van der Waals surface area contributed by atoms with E-state index in [1.54, 1.807) is 30.9 Å². The van der Waals surface area contributed by atoms with Gasteiger partial charge in [-0.1, -0.05) is 69.3 Å². The minimum absolute atomic E-state index is 0.0387. The molecule has 0 radical (unpaired) electrons. The van der Waals surface area contributed by atoms with Crippen LogP contribution >= 0.6 is 12.2 Å². The van der Waals surface area contributed by atoms with Gasteiger partial charge in [0.05, 0.1) is 35.9 Å². The molecule has 5 aromatic rings. The molecular formula is C52H55F3N8O8S. The van der Waals surface area contributed by atoms with E-state index in [9.17, 15) is 37.5 Å². The number of ether oxygens (including phenoxy) is 2. The number of unbranched alkanes of at least 4 members (excludes halogenated alkanes) is 1. The number of aliphatic hydroxyl groups is 1. The molecule has 16 nitrogen and oxygen atoms in total. The second-order valence-electron chi connectivity index (χ2n) is 19.1. The number of benzene rings is 3. The summed E-state index contributed by atoms with van der Waals surface area (Å²) in [5.41, 5.74) is 0.446. The number of rotatable bonds is 17. The number of nitriles is 1. The lowest BCUT2D eigenvalue weighted by Crippen LogP contribution is -2.58. The third-order valence-electron chi connectivity index (χ3n) is 12.4. The zero-order chi connectivity index (χ0) is 52.1. The molecule has 2 saturated heterocycles. The quantitative estimate of drug-likeness (QED) is 0.0611. The van der Waals surface area contributed by atoms with Crippen molar-refractivity contribution in [1.82, 2.24) is 25.5 Å². The highest BCUT2D eigenvalue weighted by Crippen LogP contribution is 2.40. The largest absolute Gasteiger partial charge is 0.494 e. The molecule has 0 spiro atoms. The summed E-state index contributed by atoms with van der Waals surface area (Å²) in [6.07, 6.45) is -2.08. The second kappa shape index (κ2) is 21.6. The van der Waals surface area contributed by atoms with E-state index in [-0.39, 0.29) is 43.5 Å². The number of thiocarbonyl (C=S) groups is 1. The highest BCUT2D eigenvalue weighted by atomic mass is 32.1. The summed E-state index contributed by atoms with van der Waals surface area (Å²) in [5.74, 6) is -0.636. The lowest BCUT2D eigenvalue weighted by molar-refractivity contribution is -0.144. The normalized spacial score (nSPS) is 17.2. The fraction of sp³-hybridized carbons (Fsp3) is 0.385. The Labute approximate surface area is 420 Å². The highest BCUT2D eigenvalue weighted by Gasteiger charge is 2.51. The Morgan fingerprint density at radius 2 is 1.60 bits per heavy atom. The van der Waals surface area contributed by atoms with Crippen molar-refractivity contribution in [3.8, 4) is 34.3 Å². The van der Waals surface area contributed by atoms with Gasteiger partial charge in [-0.15, -0.1) is 0 Å². The van der Waals surface area contributed by atoms with E-state index in [2.05, 4.69) is 20.6 Å². The molecule has 2 aliphatic rings. The zero-order valence-corrected chi connectivity index (χ0v) is 41.4. The number of halogens is 3. The van der Waals surface area contributed by atoms with Crippen molar-refractivity contribution in [2.24, 2.45) is 5.41 Å². The topological polar surface area (TPSA) is 203 Å². The number of pyridine rings is 1. The summed E-state index contributed by atoms with van der Waals surface area (Å²) in [4.78, 5) is 65.8. The van der Waals surface area contributed by atoms with Gasteiger partial charge in [0.2, 0.25) is 17.7 Å². The number of carbonyl (C=O) groups excluding carboxylic acids is 4. The van der Waals surface area contributed by atoms with Gasteiger partial charge in [-0.25, -0.2) is 9.97 Å². The predicted molar refractivity (Wildman–Crippen MR) is 264 cm³/mol. The van der Waals surface area contributed by atoms with Crippen LogP contribution in [0.3, 0.4) is 0 Å². The van der Waals surface area contributed by atoms with Crippen molar-refractivity contribution in [3.63, 3.8) is 0 Å². The van der Waals surface area contributed by atoms with Crippen LogP contribution in [0.4, 0.5) is 24.5 Å². The van der Waals surface area contributed by atoms with Gasteiger partial charge in [0.15, 0.2) is 23.0 Å². The maximum Gasteiger partial charge on any atom is 0.419 e. The average Bonchev–Trinajstić information content (AvgIpc) is 4.01. The number of alkyl halides is 3. The van der Waals surface area contributed by atoms with Crippen LogP contribution in [0.15, 0.2) is 95.9 Å². The lowest BCUT2D eigenvalue weighted by atomic mass is 9.85.